The second-order valence-electron chi connectivity index (χ2n) is 5.05. The molecule has 0 atom stereocenters. The number of aryl methyl sites for hydroxylation is 1. The normalized spacial score (nSPS) is 11.5. The summed E-state index contributed by atoms with van der Waals surface area (Å²) in [5.41, 5.74) is 1.64. The average Bonchev–Trinajstić information content (AvgIpc) is 2.48. The van der Waals surface area contributed by atoms with E-state index in [1.807, 2.05) is 19.1 Å². The van der Waals surface area contributed by atoms with Crippen molar-refractivity contribution in [2.75, 3.05) is 25.5 Å². The van der Waals surface area contributed by atoms with Gasteiger partial charge in [-0.25, -0.2) is 0 Å². The van der Waals surface area contributed by atoms with Crippen molar-refractivity contribution in [1.29, 1.82) is 0 Å². The van der Waals surface area contributed by atoms with E-state index in [4.69, 9.17) is 0 Å². The summed E-state index contributed by atoms with van der Waals surface area (Å²) in [4.78, 5) is 15.7. The fourth-order valence-corrected chi connectivity index (χ4v) is 2.14. The van der Waals surface area contributed by atoms with E-state index in [0.717, 1.165) is 10.0 Å². The molecule has 0 aliphatic rings. The van der Waals surface area contributed by atoms with Gasteiger partial charge in [0.2, 0.25) is 5.91 Å². The number of carbonyl (C=O) groups is 1. The van der Waals surface area contributed by atoms with E-state index < -0.39 is 12.6 Å². The summed E-state index contributed by atoms with van der Waals surface area (Å²) >= 11 is 3.34. The number of benzene rings is 1. The van der Waals surface area contributed by atoms with Gasteiger partial charge in [-0.05, 0) is 24.6 Å². The van der Waals surface area contributed by atoms with Crippen molar-refractivity contribution in [3.63, 3.8) is 0 Å². The molecule has 5 nitrogen and oxygen atoms in total. The number of anilines is 1. The first kappa shape index (κ1) is 24.0. The molecule has 3 N–H and O–H groups in total. The highest BCUT2D eigenvalue weighted by atomic mass is 127. The van der Waals surface area contributed by atoms with Crippen LogP contribution in [0.25, 0.3) is 0 Å². The molecule has 0 aliphatic heterocycles. The Labute approximate surface area is 170 Å². The van der Waals surface area contributed by atoms with E-state index in [-0.39, 0.29) is 55.4 Å². The van der Waals surface area contributed by atoms with Gasteiger partial charge in [-0.2, -0.15) is 13.2 Å². The largest absolute Gasteiger partial charge is 0.390 e. The SMILES string of the molecule is CN=C(NCCC(=O)Nc1cc(Br)ccc1C)NCCC(F)(F)F.I. The van der Waals surface area contributed by atoms with Gasteiger partial charge < -0.3 is 16.0 Å². The lowest BCUT2D eigenvalue weighted by Crippen LogP contribution is -2.40. The van der Waals surface area contributed by atoms with Crippen molar-refractivity contribution in [3.05, 3.63) is 28.2 Å². The third kappa shape index (κ3) is 10.5. The van der Waals surface area contributed by atoms with Crippen molar-refractivity contribution in [2.45, 2.75) is 25.9 Å². The topological polar surface area (TPSA) is 65.5 Å². The predicted octanol–water partition coefficient (Wildman–Crippen LogP) is 3.82. The zero-order chi connectivity index (χ0) is 18.2. The molecule has 142 valence electrons. The van der Waals surface area contributed by atoms with Crippen LogP contribution < -0.4 is 16.0 Å². The molecule has 0 bridgehead atoms. The number of hydrogen-bond donors (Lipinski definition) is 3. The van der Waals surface area contributed by atoms with Crippen LogP contribution in [0.2, 0.25) is 0 Å². The van der Waals surface area contributed by atoms with Crippen LogP contribution in [0.5, 0.6) is 0 Å². The van der Waals surface area contributed by atoms with Crippen molar-refractivity contribution in [3.8, 4) is 0 Å². The maximum Gasteiger partial charge on any atom is 0.390 e. The van der Waals surface area contributed by atoms with Gasteiger partial charge >= 0.3 is 6.18 Å². The number of nitrogens with zero attached hydrogens (tertiary/aromatic N) is 1. The molecular weight excluding hydrogens is 516 g/mol. The molecule has 0 radical (unpaired) electrons. The van der Waals surface area contributed by atoms with Crippen molar-refractivity contribution >= 4 is 57.5 Å². The molecule has 1 aromatic carbocycles. The molecule has 0 unspecified atom stereocenters. The first-order chi connectivity index (χ1) is 11.2. The van der Waals surface area contributed by atoms with E-state index in [0.29, 0.717) is 5.69 Å². The third-order valence-corrected chi connectivity index (χ3v) is 3.54. The van der Waals surface area contributed by atoms with Crippen LogP contribution in [-0.4, -0.2) is 38.2 Å². The second-order valence-corrected chi connectivity index (χ2v) is 5.96. The quantitative estimate of drug-likeness (QED) is 0.294. The van der Waals surface area contributed by atoms with E-state index in [9.17, 15) is 18.0 Å². The van der Waals surface area contributed by atoms with Gasteiger partial charge in [0.25, 0.3) is 0 Å². The summed E-state index contributed by atoms with van der Waals surface area (Å²) < 4.78 is 37.1. The van der Waals surface area contributed by atoms with Gasteiger partial charge in [-0.1, -0.05) is 22.0 Å². The Morgan fingerprint density at radius 1 is 1.24 bits per heavy atom. The standard InChI is InChI=1S/C15H20BrF3N4O.HI/c1-10-3-4-11(16)9-12(10)23-13(24)5-7-21-14(20-2)22-8-6-15(17,18)19;/h3-4,9H,5-8H2,1-2H3,(H,23,24)(H2,20,21,22);1H. The molecule has 25 heavy (non-hydrogen) atoms. The highest BCUT2D eigenvalue weighted by molar-refractivity contribution is 14.0. The summed E-state index contributed by atoms with van der Waals surface area (Å²) in [6.07, 6.45) is -5.00. The highest BCUT2D eigenvalue weighted by Crippen LogP contribution is 2.20. The Morgan fingerprint density at radius 2 is 1.88 bits per heavy atom. The smallest absolute Gasteiger partial charge is 0.356 e. The molecule has 0 spiro atoms. The molecule has 0 fully saturated rings. The zero-order valence-corrected chi connectivity index (χ0v) is 17.8. The van der Waals surface area contributed by atoms with E-state index in [1.54, 1.807) is 6.07 Å². The minimum atomic E-state index is -4.21. The number of rotatable bonds is 6. The molecule has 10 heteroatoms. The van der Waals surface area contributed by atoms with Crippen LogP contribution in [-0.2, 0) is 4.79 Å². The molecule has 0 saturated heterocycles. The van der Waals surface area contributed by atoms with Crippen LogP contribution in [0.15, 0.2) is 27.7 Å². The highest BCUT2D eigenvalue weighted by Gasteiger charge is 2.26. The Bertz CT molecular complexity index is 597. The molecule has 1 aromatic rings. The number of aliphatic imine (C=N–C) groups is 1. The third-order valence-electron chi connectivity index (χ3n) is 3.04. The summed E-state index contributed by atoms with van der Waals surface area (Å²) in [5, 5.41) is 8.13. The molecule has 0 heterocycles. The number of hydrogen-bond acceptors (Lipinski definition) is 2. The minimum absolute atomic E-state index is 0. The first-order valence-corrected chi connectivity index (χ1v) is 8.08. The number of guanidine groups is 1. The van der Waals surface area contributed by atoms with Gasteiger partial charge in [-0.15, -0.1) is 24.0 Å². The van der Waals surface area contributed by atoms with Crippen molar-refractivity contribution in [1.82, 2.24) is 10.6 Å². The first-order valence-electron chi connectivity index (χ1n) is 7.28. The summed E-state index contributed by atoms with van der Waals surface area (Å²) in [5.74, 6) is 0.0279. The number of amides is 1. The lowest BCUT2D eigenvalue weighted by molar-refractivity contribution is -0.132. The molecule has 0 saturated carbocycles. The van der Waals surface area contributed by atoms with E-state index >= 15 is 0 Å². The minimum Gasteiger partial charge on any atom is -0.356 e. The summed E-state index contributed by atoms with van der Waals surface area (Å²) in [6.45, 7) is 1.86. The molecule has 0 aliphatic carbocycles. The molecular formula is C15H21BrF3IN4O. The average molecular weight is 537 g/mol. The Kier molecular flexibility index (Phi) is 11.1. The molecule has 0 aromatic heterocycles. The van der Waals surface area contributed by atoms with Crippen molar-refractivity contribution < 1.29 is 18.0 Å². The Balaban J connectivity index is 0.00000576. The van der Waals surface area contributed by atoms with Crippen LogP contribution in [0.4, 0.5) is 18.9 Å². The fourth-order valence-electron chi connectivity index (χ4n) is 1.78. The van der Waals surface area contributed by atoms with Gasteiger partial charge in [0.15, 0.2) is 5.96 Å². The van der Waals surface area contributed by atoms with Gasteiger partial charge in [0.05, 0.1) is 6.42 Å². The maximum atomic E-state index is 12.1. The summed E-state index contributed by atoms with van der Waals surface area (Å²) in [7, 11) is 1.45. The van der Waals surface area contributed by atoms with Gasteiger partial charge in [0, 0.05) is 36.7 Å². The monoisotopic (exact) mass is 536 g/mol. The second kappa shape index (κ2) is 11.6. The van der Waals surface area contributed by atoms with Gasteiger partial charge in [0.1, 0.15) is 0 Å². The van der Waals surface area contributed by atoms with Crippen LogP contribution in [0.1, 0.15) is 18.4 Å². The lowest BCUT2D eigenvalue weighted by Gasteiger charge is -2.13. The predicted molar refractivity (Wildman–Crippen MR) is 108 cm³/mol. The summed E-state index contributed by atoms with van der Waals surface area (Å²) in [6, 6.07) is 5.56. The molecule has 1 amide bonds. The number of halogens is 5. The lowest BCUT2D eigenvalue weighted by atomic mass is 10.2. The zero-order valence-electron chi connectivity index (χ0n) is 13.8. The number of nitrogens with one attached hydrogen (secondary N) is 3. The Morgan fingerprint density at radius 3 is 2.48 bits per heavy atom. The number of alkyl halides is 3. The van der Waals surface area contributed by atoms with Crippen LogP contribution in [0.3, 0.4) is 0 Å². The fraction of sp³-hybridized carbons (Fsp3) is 0.467. The van der Waals surface area contributed by atoms with Crippen LogP contribution >= 0.6 is 39.9 Å². The van der Waals surface area contributed by atoms with Crippen molar-refractivity contribution in [2.24, 2.45) is 4.99 Å². The Hall–Kier alpha value is -1.04. The van der Waals surface area contributed by atoms with Crippen LogP contribution in [0, 0.1) is 6.92 Å². The number of carbonyl (C=O) groups excluding carboxylic acids is 1. The van der Waals surface area contributed by atoms with E-state index in [1.165, 1.54) is 7.05 Å². The maximum absolute atomic E-state index is 12.1. The van der Waals surface area contributed by atoms with Gasteiger partial charge in [-0.3, -0.25) is 9.79 Å². The van der Waals surface area contributed by atoms with E-state index in [2.05, 4.69) is 36.9 Å². The molecule has 1 rings (SSSR count).